The summed E-state index contributed by atoms with van der Waals surface area (Å²) in [5.74, 6) is 0.190. The van der Waals surface area contributed by atoms with Gasteiger partial charge in [-0.2, -0.15) is 0 Å². The van der Waals surface area contributed by atoms with Gasteiger partial charge in [-0.1, -0.05) is 32.9 Å². The number of nitrogens with one attached hydrogen (secondary N) is 1. The molecule has 0 radical (unpaired) electrons. The summed E-state index contributed by atoms with van der Waals surface area (Å²) in [5.41, 5.74) is 5.61. The SMILES string of the molecule is CCC(NC(CCO)C(C)(C)C)C(N)=NO. The van der Waals surface area contributed by atoms with Crippen LogP contribution in [0.1, 0.15) is 40.5 Å². The van der Waals surface area contributed by atoms with Crippen LogP contribution in [0, 0.1) is 5.41 Å². The minimum Gasteiger partial charge on any atom is -0.409 e. The highest BCUT2D eigenvalue weighted by atomic mass is 16.4. The summed E-state index contributed by atoms with van der Waals surface area (Å²) < 4.78 is 0. The molecule has 2 atom stereocenters. The Hall–Kier alpha value is -0.810. The smallest absolute Gasteiger partial charge is 0.156 e. The van der Waals surface area contributed by atoms with Crippen molar-refractivity contribution in [3.05, 3.63) is 0 Å². The number of hydrogen-bond donors (Lipinski definition) is 4. The second-order valence-electron chi connectivity index (χ2n) is 5.08. The zero-order valence-electron chi connectivity index (χ0n) is 10.7. The van der Waals surface area contributed by atoms with Crippen LogP contribution >= 0.6 is 0 Å². The zero-order chi connectivity index (χ0) is 12.8. The lowest BCUT2D eigenvalue weighted by Crippen LogP contribution is -2.51. The first-order valence-electron chi connectivity index (χ1n) is 5.71. The molecule has 0 fully saturated rings. The van der Waals surface area contributed by atoms with Gasteiger partial charge in [0.05, 0.1) is 6.04 Å². The van der Waals surface area contributed by atoms with E-state index in [-0.39, 0.29) is 29.9 Å². The summed E-state index contributed by atoms with van der Waals surface area (Å²) >= 11 is 0. The van der Waals surface area contributed by atoms with Crippen molar-refractivity contribution < 1.29 is 10.3 Å². The molecule has 0 bridgehead atoms. The van der Waals surface area contributed by atoms with Gasteiger partial charge in [-0.05, 0) is 18.3 Å². The van der Waals surface area contributed by atoms with Crippen LogP contribution in [0.5, 0.6) is 0 Å². The summed E-state index contributed by atoms with van der Waals surface area (Å²) in [4.78, 5) is 0. The third-order valence-corrected chi connectivity index (χ3v) is 2.75. The first kappa shape index (κ1) is 15.2. The minimum absolute atomic E-state index is 0.0197. The third-order valence-electron chi connectivity index (χ3n) is 2.75. The van der Waals surface area contributed by atoms with E-state index in [1.165, 1.54) is 0 Å². The van der Waals surface area contributed by atoms with Gasteiger partial charge in [-0.25, -0.2) is 0 Å². The molecule has 0 aromatic carbocycles. The number of aliphatic hydroxyl groups excluding tert-OH is 1. The van der Waals surface area contributed by atoms with Crippen LogP contribution < -0.4 is 11.1 Å². The number of hydrogen-bond acceptors (Lipinski definition) is 4. The molecule has 96 valence electrons. The number of amidine groups is 1. The van der Waals surface area contributed by atoms with Crippen LogP contribution in [0.2, 0.25) is 0 Å². The predicted octanol–water partition coefficient (Wildman–Crippen LogP) is 0.898. The van der Waals surface area contributed by atoms with Gasteiger partial charge in [-0.15, -0.1) is 0 Å². The van der Waals surface area contributed by atoms with E-state index in [9.17, 15) is 0 Å². The first-order chi connectivity index (χ1) is 7.36. The molecule has 0 heterocycles. The highest BCUT2D eigenvalue weighted by Crippen LogP contribution is 2.22. The van der Waals surface area contributed by atoms with Crippen molar-refractivity contribution in [1.82, 2.24) is 5.32 Å². The van der Waals surface area contributed by atoms with E-state index in [4.69, 9.17) is 16.0 Å². The molecule has 0 aliphatic carbocycles. The Bertz CT molecular complexity index is 224. The molecule has 0 saturated heterocycles. The van der Waals surface area contributed by atoms with E-state index in [0.717, 1.165) is 6.42 Å². The Morgan fingerprint density at radius 3 is 2.31 bits per heavy atom. The van der Waals surface area contributed by atoms with Gasteiger partial charge in [0.25, 0.3) is 0 Å². The lowest BCUT2D eigenvalue weighted by atomic mass is 9.84. The Morgan fingerprint density at radius 1 is 1.44 bits per heavy atom. The normalized spacial score (nSPS) is 17.2. The van der Waals surface area contributed by atoms with Crippen LogP contribution in [0.4, 0.5) is 0 Å². The van der Waals surface area contributed by atoms with Gasteiger partial charge in [0.2, 0.25) is 0 Å². The van der Waals surface area contributed by atoms with Gasteiger partial charge < -0.3 is 21.4 Å². The lowest BCUT2D eigenvalue weighted by molar-refractivity contribution is 0.191. The van der Waals surface area contributed by atoms with E-state index in [0.29, 0.717) is 6.42 Å². The quantitative estimate of drug-likeness (QED) is 0.236. The molecule has 16 heavy (non-hydrogen) atoms. The fourth-order valence-corrected chi connectivity index (χ4v) is 1.62. The minimum atomic E-state index is -0.152. The standard InChI is InChI=1S/C11H25N3O2/c1-5-8(10(12)14-16)13-9(6-7-15)11(2,3)4/h8-9,13,15-16H,5-7H2,1-4H3,(H2,12,14). The fraction of sp³-hybridized carbons (Fsp3) is 0.909. The molecule has 0 rings (SSSR count). The average Bonchev–Trinajstić information content (AvgIpc) is 2.21. The van der Waals surface area contributed by atoms with Crippen molar-refractivity contribution in [1.29, 1.82) is 0 Å². The molecule has 0 aliphatic rings. The highest BCUT2D eigenvalue weighted by molar-refractivity contribution is 5.85. The molecule has 2 unspecified atom stereocenters. The molecule has 0 aromatic rings. The molecule has 5 nitrogen and oxygen atoms in total. The van der Waals surface area contributed by atoms with E-state index >= 15 is 0 Å². The summed E-state index contributed by atoms with van der Waals surface area (Å²) in [6.45, 7) is 8.38. The van der Waals surface area contributed by atoms with Crippen LogP contribution in [-0.2, 0) is 0 Å². The molecule has 5 N–H and O–H groups in total. The second kappa shape index (κ2) is 6.70. The van der Waals surface area contributed by atoms with Crippen LogP contribution in [0.15, 0.2) is 5.16 Å². The monoisotopic (exact) mass is 231 g/mol. The van der Waals surface area contributed by atoms with Crippen molar-refractivity contribution in [2.24, 2.45) is 16.3 Å². The summed E-state index contributed by atoms with van der Waals surface area (Å²) in [6.07, 6.45) is 1.40. The summed E-state index contributed by atoms with van der Waals surface area (Å²) in [7, 11) is 0. The lowest BCUT2D eigenvalue weighted by Gasteiger charge is -2.34. The van der Waals surface area contributed by atoms with Crippen molar-refractivity contribution >= 4 is 5.84 Å². The van der Waals surface area contributed by atoms with Crippen molar-refractivity contribution in [3.8, 4) is 0 Å². The van der Waals surface area contributed by atoms with Crippen LogP contribution in [0.3, 0.4) is 0 Å². The Balaban J connectivity index is 4.60. The highest BCUT2D eigenvalue weighted by Gasteiger charge is 2.27. The van der Waals surface area contributed by atoms with Crippen molar-refractivity contribution in [2.45, 2.75) is 52.6 Å². The van der Waals surface area contributed by atoms with E-state index in [1.54, 1.807) is 0 Å². The number of nitrogens with two attached hydrogens (primary N) is 1. The van der Waals surface area contributed by atoms with E-state index < -0.39 is 0 Å². The second-order valence-corrected chi connectivity index (χ2v) is 5.08. The Kier molecular flexibility index (Phi) is 6.36. The van der Waals surface area contributed by atoms with Gasteiger partial charge in [0.15, 0.2) is 5.84 Å². The van der Waals surface area contributed by atoms with E-state index in [2.05, 4.69) is 31.2 Å². The third kappa shape index (κ3) is 4.81. The summed E-state index contributed by atoms with van der Waals surface area (Å²) in [5, 5.41) is 24.0. The van der Waals surface area contributed by atoms with E-state index in [1.807, 2.05) is 6.92 Å². The molecule has 5 heteroatoms. The molecular weight excluding hydrogens is 206 g/mol. The fourth-order valence-electron chi connectivity index (χ4n) is 1.62. The molecule has 0 spiro atoms. The molecule has 0 amide bonds. The maximum Gasteiger partial charge on any atom is 0.156 e. The number of oxime groups is 1. The van der Waals surface area contributed by atoms with Crippen LogP contribution in [0.25, 0.3) is 0 Å². The largest absolute Gasteiger partial charge is 0.409 e. The average molecular weight is 231 g/mol. The number of rotatable bonds is 6. The van der Waals surface area contributed by atoms with Gasteiger partial charge in [0.1, 0.15) is 0 Å². The number of nitrogens with zero attached hydrogens (tertiary/aromatic N) is 1. The van der Waals surface area contributed by atoms with Gasteiger partial charge >= 0.3 is 0 Å². The zero-order valence-corrected chi connectivity index (χ0v) is 10.7. The topological polar surface area (TPSA) is 90.9 Å². The first-order valence-corrected chi connectivity index (χ1v) is 5.71. The van der Waals surface area contributed by atoms with Crippen LogP contribution in [-0.4, -0.2) is 34.8 Å². The summed E-state index contributed by atoms with van der Waals surface area (Å²) in [6, 6.07) is -0.0245. The molecule has 0 aromatic heterocycles. The molecular formula is C11H25N3O2. The predicted molar refractivity (Wildman–Crippen MR) is 65.6 cm³/mol. The molecule has 0 saturated carbocycles. The van der Waals surface area contributed by atoms with Gasteiger partial charge in [-0.3, -0.25) is 0 Å². The Morgan fingerprint density at radius 2 is 2.00 bits per heavy atom. The van der Waals surface area contributed by atoms with Crippen molar-refractivity contribution in [3.63, 3.8) is 0 Å². The van der Waals surface area contributed by atoms with Crippen molar-refractivity contribution in [2.75, 3.05) is 6.61 Å². The Labute approximate surface area is 97.7 Å². The maximum absolute atomic E-state index is 9.03. The van der Waals surface area contributed by atoms with Gasteiger partial charge in [0, 0.05) is 12.6 Å². The maximum atomic E-state index is 9.03. The molecule has 0 aliphatic heterocycles. The number of aliphatic hydroxyl groups is 1.